The van der Waals surface area contributed by atoms with Crippen molar-refractivity contribution in [2.75, 3.05) is 0 Å². The summed E-state index contributed by atoms with van der Waals surface area (Å²) in [4.78, 5) is 2.71. The fraction of sp³-hybridized carbons (Fsp3) is 0.273. The number of aliphatic hydroxyl groups is 1. The minimum atomic E-state index is -4.64. The lowest BCUT2D eigenvalue weighted by Gasteiger charge is -2.13. The highest BCUT2D eigenvalue weighted by molar-refractivity contribution is 5.84. The molecule has 0 saturated carbocycles. The van der Waals surface area contributed by atoms with Crippen LogP contribution in [-0.4, -0.2) is 16.3 Å². The average Bonchev–Trinajstić information content (AvgIpc) is 2.57. The van der Waals surface area contributed by atoms with Crippen LogP contribution >= 0.6 is 0 Å². The molecule has 0 spiro atoms. The van der Waals surface area contributed by atoms with E-state index in [2.05, 4.69) is 4.98 Å². The van der Waals surface area contributed by atoms with Crippen LogP contribution in [0.5, 0.6) is 0 Å². The third-order valence-electron chi connectivity index (χ3n) is 2.47. The highest BCUT2D eigenvalue weighted by atomic mass is 19.4. The highest BCUT2D eigenvalue weighted by Gasteiger charge is 2.40. The van der Waals surface area contributed by atoms with E-state index in [1.807, 2.05) is 0 Å². The molecule has 2 aromatic rings. The topological polar surface area (TPSA) is 36.0 Å². The van der Waals surface area contributed by atoms with Gasteiger partial charge in [-0.25, -0.2) is 0 Å². The van der Waals surface area contributed by atoms with Gasteiger partial charge in [-0.1, -0.05) is 11.6 Å². The van der Waals surface area contributed by atoms with Gasteiger partial charge in [-0.15, -0.1) is 0 Å². The first-order valence-electron chi connectivity index (χ1n) is 4.72. The number of aromatic nitrogens is 1. The van der Waals surface area contributed by atoms with Gasteiger partial charge in [0.15, 0.2) is 6.10 Å². The Kier molecular flexibility index (Phi) is 2.42. The SMILES string of the molecule is Cc1ccc2[nH]cc([C@H](O)C(F)(F)F)c2c1. The molecule has 5 heteroatoms. The number of alkyl halides is 3. The molecule has 2 nitrogen and oxygen atoms in total. The van der Waals surface area contributed by atoms with Gasteiger partial charge in [-0.3, -0.25) is 0 Å². The maximum atomic E-state index is 12.4. The zero-order chi connectivity index (χ0) is 11.9. The van der Waals surface area contributed by atoms with Crippen molar-refractivity contribution in [3.05, 3.63) is 35.5 Å². The summed E-state index contributed by atoms with van der Waals surface area (Å²) in [5, 5.41) is 9.60. The van der Waals surface area contributed by atoms with Crippen molar-refractivity contribution < 1.29 is 18.3 Å². The summed E-state index contributed by atoms with van der Waals surface area (Å²) < 4.78 is 37.1. The van der Waals surface area contributed by atoms with Gasteiger partial charge >= 0.3 is 6.18 Å². The van der Waals surface area contributed by atoms with Crippen LogP contribution in [-0.2, 0) is 0 Å². The Labute approximate surface area is 89.7 Å². The van der Waals surface area contributed by atoms with Gasteiger partial charge < -0.3 is 10.1 Å². The molecule has 86 valence electrons. The Morgan fingerprint density at radius 1 is 1.31 bits per heavy atom. The summed E-state index contributed by atoms with van der Waals surface area (Å²) in [6.07, 6.45) is -5.88. The molecule has 0 bridgehead atoms. The summed E-state index contributed by atoms with van der Waals surface area (Å²) >= 11 is 0. The Hall–Kier alpha value is -1.49. The third-order valence-corrected chi connectivity index (χ3v) is 2.47. The second-order valence-corrected chi connectivity index (χ2v) is 3.74. The van der Waals surface area contributed by atoms with E-state index in [-0.39, 0.29) is 5.56 Å². The molecule has 16 heavy (non-hydrogen) atoms. The molecular formula is C11H10F3NO. The number of aryl methyl sites for hydroxylation is 1. The second kappa shape index (κ2) is 3.52. The predicted octanol–water partition coefficient (Wildman–Crippen LogP) is 3.07. The lowest BCUT2D eigenvalue weighted by atomic mass is 10.1. The van der Waals surface area contributed by atoms with E-state index >= 15 is 0 Å². The van der Waals surface area contributed by atoms with Crippen LogP contribution in [0.3, 0.4) is 0 Å². The number of benzene rings is 1. The van der Waals surface area contributed by atoms with Crippen LogP contribution < -0.4 is 0 Å². The molecule has 0 amide bonds. The third kappa shape index (κ3) is 1.78. The minimum absolute atomic E-state index is 0.133. The quantitative estimate of drug-likeness (QED) is 0.774. The van der Waals surface area contributed by atoms with Crippen molar-refractivity contribution in [3.63, 3.8) is 0 Å². The first-order chi connectivity index (χ1) is 7.39. The fourth-order valence-corrected chi connectivity index (χ4v) is 1.66. The van der Waals surface area contributed by atoms with E-state index in [1.165, 1.54) is 6.20 Å². The number of halogens is 3. The molecule has 1 atom stereocenters. The van der Waals surface area contributed by atoms with Crippen LogP contribution in [0.2, 0.25) is 0 Å². The molecule has 1 aromatic carbocycles. The zero-order valence-electron chi connectivity index (χ0n) is 8.47. The predicted molar refractivity (Wildman–Crippen MR) is 54.1 cm³/mol. The van der Waals surface area contributed by atoms with Gasteiger partial charge in [-0.2, -0.15) is 13.2 Å². The number of aliphatic hydroxyl groups excluding tert-OH is 1. The van der Waals surface area contributed by atoms with E-state index < -0.39 is 12.3 Å². The molecule has 0 unspecified atom stereocenters. The summed E-state index contributed by atoms with van der Waals surface area (Å²) in [6.45, 7) is 1.79. The molecular weight excluding hydrogens is 219 g/mol. The van der Waals surface area contributed by atoms with Crippen LogP contribution in [0.15, 0.2) is 24.4 Å². The van der Waals surface area contributed by atoms with E-state index in [0.717, 1.165) is 5.56 Å². The van der Waals surface area contributed by atoms with Crippen molar-refractivity contribution >= 4 is 10.9 Å². The minimum Gasteiger partial charge on any atom is -0.379 e. The van der Waals surface area contributed by atoms with Gasteiger partial charge in [0.05, 0.1) is 0 Å². The smallest absolute Gasteiger partial charge is 0.379 e. The van der Waals surface area contributed by atoms with Crippen molar-refractivity contribution in [3.8, 4) is 0 Å². The summed E-state index contributed by atoms with van der Waals surface area (Å²) in [5.74, 6) is 0. The standard InChI is InChI=1S/C11H10F3NO/c1-6-2-3-9-7(4-6)8(5-15-9)10(16)11(12,13)14/h2-5,10,15-16H,1H3/t10-/m0/s1. The van der Waals surface area contributed by atoms with Crippen LogP contribution in [0, 0.1) is 6.92 Å². The van der Waals surface area contributed by atoms with Gasteiger partial charge in [-0.05, 0) is 19.1 Å². The average molecular weight is 229 g/mol. The normalized spacial score (nSPS) is 14.3. The van der Waals surface area contributed by atoms with Gasteiger partial charge in [0.2, 0.25) is 0 Å². The highest BCUT2D eigenvalue weighted by Crippen LogP contribution is 2.36. The number of hydrogen-bond acceptors (Lipinski definition) is 1. The lowest BCUT2D eigenvalue weighted by Crippen LogP contribution is -2.19. The second-order valence-electron chi connectivity index (χ2n) is 3.74. The van der Waals surface area contributed by atoms with Crippen LogP contribution in [0.1, 0.15) is 17.2 Å². The summed E-state index contributed by atoms with van der Waals surface area (Å²) in [6, 6.07) is 5.11. The number of aromatic amines is 1. The van der Waals surface area contributed by atoms with Crippen molar-refractivity contribution in [1.82, 2.24) is 4.98 Å². The lowest BCUT2D eigenvalue weighted by molar-refractivity contribution is -0.206. The van der Waals surface area contributed by atoms with Gasteiger partial charge in [0, 0.05) is 22.7 Å². The Morgan fingerprint density at radius 3 is 2.62 bits per heavy atom. The molecule has 1 aromatic heterocycles. The number of rotatable bonds is 1. The largest absolute Gasteiger partial charge is 0.418 e. The van der Waals surface area contributed by atoms with Crippen LogP contribution in [0.4, 0.5) is 13.2 Å². The zero-order valence-corrected chi connectivity index (χ0v) is 8.47. The molecule has 0 radical (unpaired) electrons. The van der Waals surface area contributed by atoms with E-state index in [4.69, 9.17) is 0 Å². The van der Waals surface area contributed by atoms with E-state index in [0.29, 0.717) is 10.9 Å². The Balaban J connectivity index is 2.57. The first-order valence-corrected chi connectivity index (χ1v) is 4.72. The van der Waals surface area contributed by atoms with Gasteiger partial charge in [0.1, 0.15) is 0 Å². The molecule has 0 aliphatic rings. The molecule has 1 heterocycles. The van der Waals surface area contributed by atoms with Crippen molar-refractivity contribution in [2.45, 2.75) is 19.2 Å². The number of hydrogen-bond donors (Lipinski definition) is 2. The Morgan fingerprint density at radius 2 is 2.00 bits per heavy atom. The molecule has 0 aliphatic heterocycles. The van der Waals surface area contributed by atoms with Crippen LogP contribution in [0.25, 0.3) is 10.9 Å². The summed E-state index contributed by atoms with van der Waals surface area (Å²) in [5.41, 5.74) is 1.30. The Bertz CT molecular complexity index is 515. The molecule has 2 rings (SSSR count). The number of fused-ring (bicyclic) bond motifs is 1. The van der Waals surface area contributed by atoms with E-state index in [1.54, 1.807) is 25.1 Å². The summed E-state index contributed by atoms with van der Waals surface area (Å²) in [7, 11) is 0. The van der Waals surface area contributed by atoms with Crippen molar-refractivity contribution in [1.29, 1.82) is 0 Å². The monoisotopic (exact) mass is 229 g/mol. The number of H-pyrrole nitrogens is 1. The fourth-order valence-electron chi connectivity index (χ4n) is 1.66. The molecule has 0 fully saturated rings. The molecule has 2 N–H and O–H groups in total. The maximum Gasteiger partial charge on any atom is 0.418 e. The number of nitrogens with one attached hydrogen (secondary N) is 1. The molecule has 0 aliphatic carbocycles. The molecule has 0 saturated heterocycles. The first kappa shape index (κ1) is 11.0. The van der Waals surface area contributed by atoms with E-state index in [9.17, 15) is 18.3 Å². The van der Waals surface area contributed by atoms with Gasteiger partial charge in [0.25, 0.3) is 0 Å². The van der Waals surface area contributed by atoms with Crippen molar-refractivity contribution in [2.24, 2.45) is 0 Å². The maximum absolute atomic E-state index is 12.4.